The maximum Gasteiger partial charge on any atom is 0.307 e. The number of carboxylic acids is 1. The molecule has 1 N–H and O–H groups in total. The highest BCUT2D eigenvalue weighted by molar-refractivity contribution is 7.90. The van der Waals surface area contributed by atoms with Crippen molar-refractivity contribution in [1.82, 2.24) is 8.96 Å². The van der Waals surface area contributed by atoms with Crippen molar-refractivity contribution in [3.63, 3.8) is 0 Å². The van der Waals surface area contributed by atoms with Crippen molar-refractivity contribution in [1.29, 1.82) is 0 Å². The molecule has 0 atom stereocenters. The maximum absolute atomic E-state index is 13.8. The van der Waals surface area contributed by atoms with Crippen LogP contribution in [0.1, 0.15) is 16.8 Å². The molecule has 130 valence electrons. The molecule has 0 spiro atoms. The molecule has 3 rings (SSSR count). The van der Waals surface area contributed by atoms with Crippen molar-refractivity contribution in [2.24, 2.45) is 0 Å². The lowest BCUT2D eigenvalue weighted by atomic mass is 10.1. The summed E-state index contributed by atoms with van der Waals surface area (Å²) in [6.07, 6.45) is 1.09. The average molecular weight is 362 g/mol. The predicted octanol–water partition coefficient (Wildman–Crippen LogP) is 2.66. The molecule has 0 bridgehead atoms. The van der Waals surface area contributed by atoms with E-state index in [0.29, 0.717) is 16.5 Å². The number of halogens is 1. The number of benzene rings is 1. The number of rotatable bonds is 4. The predicted molar refractivity (Wildman–Crippen MR) is 89.5 cm³/mol. The van der Waals surface area contributed by atoms with Crippen LogP contribution in [0.25, 0.3) is 11.0 Å². The summed E-state index contributed by atoms with van der Waals surface area (Å²) in [7, 11) is -4.13. The van der Waals surface area contributed by atoms with Gasteiger partial charge < -0.3 is 5.11 Å². The van der Waals surface area contributed by atoms with Crippen LogP contribution in [0.3, 0.4) is 0 Å². The molecule has 2 aromatic heterocycles. The minimum Gasteiger partial charge on any atom is -0.481 e. The van der Waals surface area contributed by atoms with Crippen molar-refractivity contribution in [2.75, 3.05) is 0 Å². The SMILES string of the molecule is Cc1ccc(S(=O)(=O)n2c(C)c(CC(=O)O)c3cccnc32)cc1F. The molecule has 0 radical (unpaired) electrons. The first-order valence-electron chi connectivity index (χ1n) is 7.42. The molecule has 2 heterocycles. The lowest BCUT2D eigenvalue weighted by molar-refractivity contribution is -0.136. The number of carboxylic acid groups (broad SMARTS) is 1. The van der Waals surface area contributed by atoms with E-state index >= 15 is 0 Å². The second kappa shape index (κ2) is 5.96. The zero-order valence-electron chi connectivity index (χ0n) is 13.5. The molecule has 25 heavy (non-hydrogen) atoms. The standard InChI is InChI=1S/C17H15FN2O4S/c1-10-5-6-12(8-15(10)18)25(23,24)20-11(2)14(9-16(21)22)13-4-3-7-19-17(13)20/h3-8H,9H2,1-2H3,(H,21,22). The van der Waals surface area contributed by atoms with E-state index in [1.54, 1.807) is 12.1 Å². The van der Waals surface area contributed by atoms with Gasteiger partial charge in [0.05, 0.1) is 11.3 Å². The van der Waals surface area contributed by atoms with Gasteiger partial charge in [0.25, 0.3) is 10.0 Å². The van der Waals surface area contributed by atoms with Crippen molar-refractivity contribution >= 4 is 27.0 Å². The fourth-order valence-corrected chi connectivity index (χ4v) is 4.33. The Kier molecular flexibility index (Phi) is 4.08. The zero-order chi connectivity index (χ0) is 18.4. The molecule has 0 aliphatic heterocycles. The van der Waals surface area contributed by atoms with Gasteiger partial charge in [-0.3, -0.25) is 4.79 Å². The number of pyridine rings is 1. The monoisotopic (exact) mass is 362 g/mol. The number of carbonyl (C=O) groups is 1. The van der Waals surface area contributed by atoms with Crippen LogP contribution in [0.15, 0.2) is 41.4 Å². The van der Waals surface area contributed by atoms with Gasteiger partial charge in [0, 0.05) is 17.3 Å². The van der Waals surface area contributed by atoms with Crippen LogP contribution in [0.2, 0.25) is 0 Å². The van der Waals surface area contributed by atoms with Crippen LogP contribution in [-0.4, -0.2) is 28.5 Å². The van der Waals surface area contributed by atoms with Crippen molar-refractivity contribution < 1.29 is 22.7 Å². The quantitative estimate of drug-likeness (QED) is 0.771. The van der Waals surface area contributed by atoms with Crippen LogP contribution in [0.4, 0.5) is 4.39 Å². The van der Waals surface area contributed by atoms with Gasteiger partial charge in [-0.15, -0.1) is 0 Å². The Balaban J connectivity index is 2.32. The third kappa shape index (κ3) is 2.78. The smallest absolute Gasteiger partial charge is 0.307 e. The van der Waals surface area contributed by atoms with E-state index in [4.69, 9.17) is 5.11 Å². The van der Waals surface area contributed by atoms with E-state index < -0.39 is 21.8 Å². The van der Waals surface area contributed by atoms with Crippen LogP contribution in [0, 0.1) is 19.7 Å². The molecular weight excluding hydrogens is 347 g/mol. The highest BCUT2D eigenvalue weighted by Gasteiger charge is 2.27. The molecule has 0 fully saturated rings. The lowest BCUT2D eigenvalue weighted by Crippen LogP contribution is -2.16. The summed E-state index contributed by atoms with van der Waals surface area (Å²) in [5, 5.41) is 9.56. The van der Waals surface area contributed by atoms with E-state index in [9.17, 15) is 17.6 Å². The van der Waals surface area contributed by atoms with Crippen molar-refractivity contribution in [3.05, 3.63) is 59.2 Å². The van der Waals surface area contributed by atoms with Gasteiger partial charge in [-0.2, -0.15) is 0 Å². The Morgan fingerprint density at radius 3 is 2.64 bits per heavy atom. The Bertz CT molecular complexity index is 1100. The first kappa shape index (κ1) is 17.1. The summed E-state index contributed by atoms with van der Waals surface area (Å²) < 4.78 is 40.9. The van der Waals surface area contributed by atoms with Gasteiger partial charge in [-0.25, -0.2) is 21.8 Å². The molecule has 6 nitrogen and oxygen atoms in total. The normalized spacial score (nSPS) is 11.8. The number of hydrogen-bond donors (Lipinski definition) is 1. The average Bonchev–Trinajstić information content (AvgIpc) is 2.82. The van der Waals surface area contributed by atoms with Crippen LogP contribution >= 0.6 is 0 Å². The molecule has 1 aromatic carbocycles. The van der Waals surface area contributed by atoms with E-state index in [2.05, 4.69) is 4.98 Å². The van der Waals surface area contributed by atoms with Gasteiger partial charge in [0.1, 0.15) is 5.82 Å². The largest absolute Gasteiger partial charge is 0.481 e. The van der Waals surface area contributed by atoms with Gasteiger partial charge in [0.15, 0.2) is 5.65 Å². The second-order valence-electron chi connectivity index (χ2n) is 5.69. The van der Waals surface area contributed by atoms with Gasteiger partial charge >= 0.3 is 5.97 Å². The van der Waals surface area contributed by atoms with Crippen LogP contribution in [-0.2, 0) is 21.2 Å². The fraction of sp³-hybridized carbons (Fsp3) is 0.176. The first-order chi connectivity index (χ1) is 11.7. The van der Waals surface area contributed by atoms with E-state index in [1.807, 2.05) is 0 Å². The summed E-state index contributed by atoms with van der Waals surface area (Å²) in [6.45, 7) is 3.05. The molecule has 8 heteroatoms. The third-order valence-electron chi connectivity index (χ3n) is 4.06. The topological polar surface area (TPSA) is 89.3 Å². The number of aromatic nitrogens is 2. The lowest BCUT2D eigenvalue weighted by Gasteiger charge is -2.10. The minimum atomic E-state index is -4.13. The summed E-state index contributed by atoms with van der Waals surface area (Å²) >= 11 is 0. The molecule has 0 amide bonds. The minimum absolute atomic E-state index is 0.122. The molecule has 0 saturated carbocycles. The number of fused-ring (bicyclic) bond motifs is 1. The van der Waals surface area contributed by atoms with Crippen molar-refractivity contribution in [3.8, 4) is 0 Å². The molecule has 0 unspecified atom stereocenters. The summed E-state index contributed by atoms with van der Waals surface area (Å²) in [5.74, 6) is -1.71. The van der Waals surface area contributed by atoms with E-state index in [0.717, 1.165) is 10.0 Å². The summed E-state index contributed by atoms with van der Waals surface area (Å²) in [5.41, 5.74) is 1.07. The maximum atomic E-state index is 13.8. The molecule has 0 aliphatic rings. The molecule has 3 aromatic rings. The number of aryl methyl sites for hydroxylation is 1. The summed E-state index contributed by atoms with van der Waals surface area (Å²) in [4.78, 5) is 15.0. The van der Waals surface area contributed by atoms with E-state index in [1.165, 1.54) is 32.2 Å². The van der Waals surface area contributed by atoms with E-state index in [-0.39, 0.29) is 22.7 Å². The van der Waals surface area contributed by atoms with Gasteiger partial charge in [-0.05, 0) is 49.2 Å². The Morgan fingerprint density at radius 2 is 2.00 bits per heavy atom. The highest BCUT2D eigenvalue weighted by Crippen LogP contribution is 2.29. The fourth-order valence-electron chi connectivity index (χ4n) is 2.78. The van der Waals surface area contributed by atoms with Crippen molar-refractivity contribution in [2.45, 2.75) is 25.2 Å². The first-order valence-corrected chi connectivity index (χ1v) is 8.86. The Labute approximate surface area is 143 Å². The third-order valence-corrected chi connectivity index (χ3v) is 5.83. The Morgan fingerprint density at radius 1 is 1.28 bits per heavy atom. The van der Waals surface area contributed by atoms with Crippen LogP contribution < -0.4 is 0 Å². The zero-order valence-corrected chi connectivity index (χ0v) is 14.3. The molecule has 0 saturated heterocycles. The summed E-state index contributed by atoms with van der Waals surface area (Å²) in [6, 6.07) is 6.88. The van der Waals surface area contributed by atoms with Gasteiger partial charge in [0.2, 0.25) is 0 Å². The van der Waals surface area contributed by atoms with Gasteiger partial charge in [-0.1, -0.05) is 6.07 Å². The molecular formula is C17H15FN2O4S. The number of hydrogen-bond acceptors (Lipinski definition) is 4. The Hall–Kier alpha value is -2.74. The second-order valence-corrected chi connectivity index (χ2v) is 7.48. The number of nitrogens with zero attached hydrogens (tertiary/aromatic N) is 2. The number of aliphatic carboxylic acids is 1. The van der Waals surface area contributed by atoms with Crippen LogP contribution in [0.5, 0.6) is 0 Å². The highest BCUT2D eigenvalue weighted by atomic mass is 32.2. The molecule has 0 aliphatic carbocycles.